The van der Waals surface area contributed by atoms with Crippen LogP contribution in [0.3, 0.4) is 0 Å². The van der Waals surface area contributed by atoms with Crippen molar-refractivity contribution in [3.63, 3.8) is 0 Å². The number of ether oxygens (including phenoxy) is 1. The second kappa shape index (κ2) is 8.87. The van der Waals surface area contributed by atoms with Crippen LogP contribution in [-0.4, -0.2) is 50.1 Å². The van der Waals surface area contributed by atoms with Crippen LogP contribution in [0.1, 0.15) is 12.0 Å². The molecule has 1 rings (SSSR count). The number of halogens is 1. The summed E-state index contributed by atoms with van der Waals surface area (Å²) in [7, 11) is 3.09. The average Bonchev–Trinajstić information content (AvgIpc) is 2.47. The van der Waals surface area contributed by atoms with Crippen molar-refractivity contribution in [1.82, 2.24) is 4.90 Å². The SMILES string of the molecule is COC(CN)CC(=O)N(C)CC(=O)Nc1ccc(Br)cc1C. The van der Waals surface area contributed by atoms with E-state index in [4.69, 9.17) is 10.5 Å². The first-order valence-electron chi connectivity index (χ1n) is 6.90. The van der Waals surface area contributed by atoms with Crippen molar-refractivity contribution in [2.75, 3.05) is 32.6 Å². The first-order chi connectivity index (χ1) is 10.4. The number of aryl methyl sites for hydroxylation is 1. The summed E-state index contributed by atoms with van der Waals surface area (Å²) in [6.07, 6.45) is -0.166. The standard InChI is InChI=1S/C15H22BrN3O3/c1-10-6-11(16)4-5-13(10)18-14(20)9-19(2)15(21)7-12(8-17)22-3/h4-6,12H,7-9,17H2,1-3H3,(H,18,20). The van der Waals surface area contributed by atoms with Gasteiger partial charge in [-0.3, -0.25) is 9.59 Å². The summed E-state index contributed by atoms with van der Waals surface area (Å²) >= 11 is 3.37. The zero-order valence-corrected chi connectivity index (χ0v) is 14.6. The van der Waals surface area contributed by atoms with E-state index in [2.05, 4.69) is 21.2 Å². The highest BCUT2D eigenvalue weighted by atomic mass is 79.9. The van der Waals surface area contributed by atoms with Crippen LogP contribution >= 0.6 is 15.9 Å². The molecule has 6 nitrogen and oxygen atoms in total. The quantitative estimate of drug-likeness (QED) is 0.760. The average molecular weight is 372 g/mol. The highest BCUT2D eigenvalue weighted by Crippen LogP contribution is 2.19. The number of rotatable bonds is 7. The molecule has 0 radical (unpaired) electrons. The molecule has 122 valence electrons. The largest absolute Gasteiger partial charge is 0.380 e. The molecule has 1 aromatic rings. The van der Waals surface area contributed by atoms with Gasteiger partial charge >= 0.3 is 0 Å². The van der Waals surface area contributed by atoms with Gasteiger partial charge in [-0.2, -0.15) is 0 Å². The molecule has 0 saturated carbocycles. The summed E-state index contributed by atoms with van der Waals surface area (Å²) in [6.45, 7) is 2.15. The van der Waals surface area contributed by atoms with E-state index in [1.165, 1.54) is 12.0 Å². The maximum atomic E-state index is 12.0. The van der Waals surface area contributed by atoms with Crippen molar-refractivity contribution >= 4 is 33.4 Å². The Morgan fingerprint density at radius 1 is 1.45 bits per heavy atom. The Labute approximate surface area is 139 Å². The van der Waals surface area contributed by atoms with Gasteiger partial charge < -0.3 is 20.7 Å². The number of anilines is 1. The summed E-state index contributed by atoms with van der Waals surface area (Å²) in [4.78, 5) is 25.4. The van der Waals surface area contributed by atoms with Crippen molar-refractivity contribution in [2.24, 2.45) is 5.73 Å². The number of amides is 2. The second-order valence-corrected chi connectivity index (χ2v) is 5.97. The van der Waals surface area contributed by atoms with Gasteiger partial charge in [0, 0.05) is 30.9 Å². The Bertz CT molecular complexity index is 533. The van der Waals surface area contributed by atoms with Crippen molar-refractivity contribution in [1.29, 1.82) is 0 Å². The Balaban J connectivity index is 2.55. The maximum absolute atomic E-state index is 12.0. The topological polar surface area (TPSA) is 84.7 Å². The minimum atomic E-state index is -0.327. The van der Waals surface area contributed by atoms with E-state index in [9.17, 15) is 9.59 Å². The van der Waals surface area contributed by atoms with Crippen LogP contribution in [0.25, 0.3) is 0 Å². The third kappa shape index (κ3) is 5.75. The summed E-state index contributed by atoms with van der Waals surface area (Å²) < 4.78 is 6.02. The van der Waals surface area contributed by atoms with E-state index >= 15 is 0 Å². The monoisotopic (exact) mass is 371 g/mol. The molecule has 0 aliphatic heterocycles. The fraction of sp³-hybridized carbons (Fsp3) is 0.467. The number of likely N-dealkylation sites (N-methyl/N-ethyl adjacent to an activating group) is 1. The smallest absolute Gasteiger partial charge is 0.243 e. The summed E-state index contributed by atoms with van der Waals surface area (Å²) in [5.74, 6) is -0.428. The maximum Gasteiger partial charge on any atom is 0.243 e. The molecule has 1 atom stereocenters. The minimum Gasteiger partial charge on any atom is -0.380 e. The molecule has 0 aliphatic carbocycles. The minimum absolute atomic E-state index is 0.0185. The molecule has 0 saturated heterocycles. The van der Waals surface area contributed by atoms with Crippen LogP contribution in [0, 0.1) is 6.92 Å². The molecule has 0 bridgehead atoms. The fourth-order valence-corrected chi connectivity index (χ4v) is 2.35. The molecular weight excluding hydrogens is 350 g/mol. The van der Waals surface area contributed by atoms with Crippen LogP contribution < -0.4 is 11.1 Å². The zero-order chi connectivity index (χ0) is 16.7. The highest BCUT2D eigenvalue weighted by molar-refractivity contribution is 9.10. The Kier molecular flexibility index (Phi) is 7.50. The number of nitrogens with zero attached hydrogens (tertiary/aromatic N) is 1. The van der Waals surface area contributed by atoms with Crippen LogP contribution in [0.15, 0.2) is 22.7 Å². The normalized spacial score (nSPS) is 11.9. The molecule has 0 aromatic heterocycles. The molecule has 0 aliphatic rings. The van der Waals surface area contributed by atoms with Gasteiger partial charge in [0.2, 0.25) is 11.8 Å². The van der Waals surface area contributed by atoms with Gasteiger partial charge in [0.25, 0.3) is 0 Å². The summed E-state index contributed by atoms with van der Waals surface area (Å²) in [5, 5.41) is 2.79. The first kappa shape index (κ1) is 18.6. The third-order valence-electron chi connectivity index (χ3n) is 3.27. The highest BCUT2D eigenvalue weighted by Gasteiger charge is 2.17. The van der Waals surface area contributed by atoms with E-state index < -0.39 is 0 Å². The lowest BCUT2D eigenvalue weighted by molar-refractivity contribution is -0.135. The molecule has 0 spiro atoms. The molecule has 0 fully saturated rings. The molecule has 3 N–H and O–H groups in total. The van der Waals surface area contributed by atoms with E-state index in [-0.39, 0.29) is 37.4 Å². The molecule has 1 unspecified atom stereocenters. The second-order valence-electron chi connectivity index (χ2n) is 5.05. The van der Waals surface area contributed by atoms with E-state index in [0.717, 1.165) is 15.7 Å². The Hall–Kier alpha value is -1.44. The van der Waals surface area contributed by atoms with Gasteiger partial charge in [0.05, 0.1) is 19.1 Å². The van der Waals surface area contributed by atoms with Crippen LogP contribution in [-0.2, 0) is 14.3 Å². The Morgan fingerprint density at radius 3 is 2.68 bits per heavy atom. The molecule has 22 heavy (non-hydrogen) atoms. The van der Waals surface area contributed by atoms with Crippen molar-refractivity contribution < 1.29 is 14.3 Å². The molecule has 0 heterocycles. The van der Waals surface area contributed by atoms with Crippen LogP contribution in [0.2, 0.25) is 0 Å². The predicted octanol–water partition coefficient (Wildman–Crippen LogP) is 1.52. The number of nitrogens with two attached hydrogens (primary N) is 1. The van der Waals surface area contributed by atoms with Crippen molar-refractivity contribution in [2.45, 2.75) is 19.4 Å². The number of hydrogen-bond donors (Lipinski definition) is 2. The van der Waals surface area contributed by atoms with Gasteiger partial charge in [-0.25, -0.2) is 0 Å². The molecular formula is C15H22BrN3O3. The lowest BCUT2D eigenvalue weighted by atomic mass is 10.2. The number of carbonyl (C=O) groups excluding carboxylic acids is 2. The van der Waals surface area contributed by atoms with Crippen LogP contribution in [0.5, 0.6) is 0 Å². The van der Waals surface area contributed by atoms with Gasteiger partial charge in [-0.1, -0.05) is 15.9 Å². The fourth-order valence-electron chi connectivity index (χ4n) is 1.87. The number of methoxy groups -OCH3 is 1. The number of carbonyl (C=O) groups is 2. The van der Waals surface area contributed by atoms with Gasteiger partial charge in [0.15, 0.2) is 0 Å². The van der Waals surface area contributed by atoms with Crippen molar-refractivity contribution in [3.8, 4) is 0 Å². The first-order valence-corrected chi connectivity index (χ1v) is 7.69. The lowest BCUT2D eigenvalue weighted by Gasteiger charge is -2.20. The molecule has 7 heteroatoms. The molecule has 2 amide bonds. The number of benzene rings is 1. The van der Waals surface area contributed by atoms with E-state index in [1.54, 1.807) is 7.05 Å². The van der Waals surface area contributed by atoms with Gasteiger partial charge in [-0.05, 0) is 30.7 Å². The summed E-state index contributed by atoms with van der Waals surface area (Å²) in [5.41, 5.74) is 7.16. The van der Waals surface area contributed by atoms with E-state index in [0.29, 0.717) is 0 Å². The summed E-state index contributed by atoms with van der Waals surface area (Å²) in [6, 6.07) is 5.57. The van der Waals surface area contributed by atoms with Crippen LogP contribution in [0.4, 0.5) is 5.69 Å². The third-order valence-corrected chi connectivity index (χ3v) is 3.76. The van der Waals surface area contributed by atoms with E-state index in [1.807, 2.05) is 25.1 Å². The lowest BCUT2D eigenvalue weighted by Crippen LogP contribution is -2.38. The van der Waals surface area contributed by atoms with Gasteiger partial charge in [-0.15, -0.1) is 0 Å². The number of hydrogen-bond acceptors (Lipinski definition) is 4. The van der Waals surface area contributed by atoms with Crippen molar-refractivity contribution in [3.05, 3.63) is 28.2 Å². The van der Waals surface area contributed by atoms with Gasteiger partial charge in [0.1, 0.15) is 0 Å². The predicted molar refractivity (Wildman–Crippen MR) is 89.6 cm³/mol. The number of nitrogens with one attached hydrogen (secondary N) is 1. The zero-order valence-electron chi connectivity index (χ0n) is 13.1. The molecule has 1 aromatic carbocycles. The Morgan fingerprint density at radius 2 is 2.14 bits per heavy atom.